The van der Waals surface area contributed by atoms with E-state index in [2.05, 4.69) is 21.0 Å². The number of halogens is 1. The van der Waals surface area contributed by atoms with Gasteiger partial charge in [-0.25, -0.2) is 24.4 Å². The average molecular weight is 460 g/mol. The third-order valence-electron chi connectivity index (χ3n) is 6.11. The van der Waals surface area contributed by atoms with E-state index in [0.29, 0.717) is 10.8 Å². The van der Waals surface area contributed by atoms with Gasteiger partial charge < -0.3 is 10.6 Å². The molecule has 0 bridgehead atoms. The lowest BCUT2D eigenvalue weighted by molar-refractivity contribution is 0.222. The third kappa shape index (κ3) is 5.97. The minimum absolute atomic E-state index is 0.0958. The number of amides is 4. The summed E-state index contributed by atoms with van der Waals surface area (Å²) in [5.74, 6) is -0.321. The smallest absolute Gasteiger partial charge is 0.334 e. The van der Waals surface area contributed by atoms with Crippen LogP contribution in [0, 0.1) is 5.82 Å². The van der Waals surface area contributed by atoms with Crippen molar-refractivity contribution in [3.63, 3.8) is 0 Å². The Hall–Kier alpha value is -2.68. The van der Waals surface area contributed by atoms with Gasteiger partial charge in [0.15, 0.2) is 0 Å². The Balaban J connectivity index is 1.49. The fourth-order valence-corrected chi connectivity index (χ4v) is 5.15. The van der Waals surface area contributed by atoms with Crippen LogP contribution in [0.15, 0.2) is 29.6 Å². The summed E-state index contributed by atoms with van der Waals surface area (Å²) in [7, 11) is 0. The number of hydrogen-bond donors (Lipinski definition) is 3. The molecule has 2 fully saturated rings. The largest absolute Gasteiger partial charge is 0.343 e. The molecule has 0 saturated heterocycles. The van der Waals surface area contributed by atoms with Gasteiger partial charge in [-0.15, -0.1) is 11.3 Å². The standard InChI is InChI=1S/C23H30FN5O2S/c24-17-13-11-16(12-14-17)20-15-32-23(27-20)29(22(31)26-19-9-5-2-6-10-19)28-21(30)25-18-7-3-1-4-8-18/h11-15,18-19H,1-10H2,(H,26,31)(H2,25,28,30). The summed E-state index contributed by atoms with van der Waals surface area (Å²) in [6.07, 6.45) is 10.5. The number of anilines is 1. The van der Waals surface area contributed by atoms with Crippen LogP contribution in [-0.4, -0.2) is 29.1 Å². The number of thiazole rings is 1. The second-order valence-corrected chi connectivity index (χ2v) is 9.40. The minimum Gasteiger partial charge on any atom is -0.334 e. The van der Waals surface area contributed by atoms with E-state index in [-0.39, 0.29) is 17.9 Å². The first kappa shape index (κ1) is 22.5. The lowest BCUT2D eigenvalue weighted by Crippen LogP contribution is -2.57. The van der Waals surface area contributed by atoms with Crippen LogP contribution in [0.5, 0.6) is 0 Å². The van der Waals surface area contributed by atoms with Crippen molar-refractivity contribution < 1.29 is 14.0 Å². The number of benzene rings is 1. The fourth-order valence-electron chi connectivity index (χ4n) is 4.36. The average Bonchev–Trinajstić information content (AvgIpc) is 3.29. The van der Waals surface area contributed by atoms with E-state index in [4.69, 9.17) is 0 Å². The van der Waals surface area contributed by atoms with Crippen LogP contribution in [0.3, 0.4) is 0 Å². The van der Waals surface area contributed by atoms with E-state index in [1.54, 1.807) is 17.5 Å². The van der Waals surface area contributed by atoms with Crippen LogP contribution in [0.25, 0.3) is 11.3 Å². The van der Waals surface area contributed by atoms with Crippen molar-refractivity contribution in [1.29, 1.82) is 0 Å². The fraction of sp³-hybridized carbons (Fsp3) is 0.522. The molecular formula is C23H30FN5O2S. The Labute approximate surface area is 191 Å². The zero-order valence-corrected chi connectivity index (χ0v) is 18.9. The first-order valence-corrected chi connectivity index (χ1v) is 12.4. The van der Waals surface area contributed by atoms with E-state index in [0.717, 1.165) is 56.9 Å². The maximum atomic E-state index is 13.3. The highest BCUT2D eigenvalue weighted by Gasteiger charge is 2.26. The predicted octanol–water partition coefficient (Wildman–Crippen LogP) is 5.34. The minimum atomic E-state index is -0.408. The molecule has 0 spiro atoms. The van der Waals surface area contributed by atoms with Gasteiger partial charge in [0.2, 0.25) is 5.13 Å². The highest BCUT2D eigenvalue weighted by atomic mass is 32.1. The Morgan fingerprint density at radius 2 is 1.50 bits per heavy atom. The van der Waals surface area contributed by atoms with Crippen LogP contribution in [0.1, 0.15) is 64.2 Å². The van der Waals surface area contributed by atoms with Crippen molar-refractivity contribution in [2.24, 2.45) is 0 Å². The second kappa shape index (κ2) is 10.8. The zero-order chi connectivity index (χ0) is 22.3. The van der Waals surface area contributed by atoms with Crippen LogP contribution in [-0.2, 0) is 0 Å². The summed E-state index contributed by atoms with van der Waals surface area (Å²) in [5.41, 5.74) is 4.07. The molecule has 3 N–H and O–H groups in total. The van der Waals surface area contributed by atoms with Crippen molar-refractivity contribution in [3.05, 3.63) is 35.5 Å². The van der Waals surface area contributed by atoms with Gasteiger partial charge in [0.25, 0.3) is 0 Å². The van der Waals surface area contributed by atoms with Crippen LogP contribution in [0.2, 0.25) is 0 Å². The molecule has 0 atom stereocenters. The molecule has 2 saturated carbocycles. The maximum absolute atomic E-state index is 13.3. The van der Waals surface area contributed by atoms with Gasteiger partial charge in [0, 0.05) is 23.0 Å². The normalized spacial score (nSPS) is 17.5. The molecule has 0 aliphatic heterocycles. The van der Waals surface area contributed by atoms with Gasteiger partial charge >= 0.3 is 12.1 Å². The predicted molar refractivity (Wildman–Crippen MR) is 124 cm³/mol. The molecule has 1 aromatic heterocycles. The summed E-state index contributed by atoms with van der Waals surface area (Å²) in [6.45, 7) is 0. The third-order valence-corrected chi connectivity index (χ3v) is 6.94. The van der Waals surface area contributed by atoms with Gasteiger partial charge in [-0.1, -0.05) is 38.5 Å². The number of carbonyl (C=O) groups excluding carboxylic acids is 2. The number of rotatable bonds is 4. The Morgan fingerprint density at radius 1 is 0.906 bits per heavy atom. The van der Waals surface area contributed by atoms with E-state index < -0.39 is 12.1 Å². The molecule has 32 heavy (non-hydrogen) atoms. The zero-order valence-electron chi connectivity index (χ0n) is 18.1. The SMILES string of the molecule is O=C(NC1CCCCC1)NN(C(=O)NC1CCCCC1)c1nc(-c2ccc(F)cc2)cs1. The van der Waals surface area contributed by atoms with Gasteiger partial charge in [0.05, 0.1) is 5.69 Å². The summed E-state index contributed by atoms with van der Waals surface area (Å²) < 4.78 is 13.3. The molecule has 2 aliphatic carbocycles. The van der Waals surface area contributed by atoms with Gasteiger partial charge in [-0.3, -0.25) is 0 Å². The van der Waals surface area contributed by atoms with E-state index in [1.807, 2.05) is 0 Å². The molecular weight excluding hydrogens is 429 g/mol. The van der Waals surface area contributed by atoms with Crippen molar-refractivity contribution in [2.45, 2.75) is 76.3 Å². The Kier molecular flexibility index (Phi) is 7.57. The Morgan fingerprint density at radius 3 is 2.12 bits per heavy atom. The molecule has 7 nitrogen and oxygen atoms in total. The molecule has 172 valence electrons. The summed E-state index contributed by atoms with van der Waals surface area (Å²) in [5, 5.41) is 9.38. The first-order valence-electron chi connectivity index (χ1n) is 11.5. The molecule has 1 heterocycles. The van der Waals surface area contributed by atoms with Crippen LogP contribution >= 0.6 is 11.3 Å². The molecule has 9 heteroatoms. The topological polar surface area (TPSA) is 86.4 Å². The highest BCUT2D eigenvalue weighted by Crippen LogP contribution is 2.27. The highest BCUT2D eigenvalue weighted by molar-refractivity contribution is 7.14. The van der Waals surface area contributed by atoms with E-state index in [1.165, 1.54) is 41.3 Å². The summed E-state index contributed by atoms with van der Waals surface area (Å²) in [6, 6.07) is 5.45. The number of nitrogens with zero attached hydrogens (tertiary/aromatic N) is 2. The van der Waals surface area contributed by atoms with E-state index >= 15 is 0 Å². The molecule has 4 rings (SSSR count). The number of nitrogens with one attached hydrogen (secondary N) is 3. The quantitative estimate of drug-likeness (QED) is 0.539. The molecule has 1 aromatic carbocycles. The van der Waals surface area contributed by atoms with E-state index in [9.17, 15) is 14.0 Å². The van der Waals surface area contributed by atoms with Crippen LogP contribution < -0.4 is 21.1 Å². The summed E-state index contributed by atoms with van der Waals surface area (Å²) >= 11 is 1.25. The Bertz CT molecular complexity index is 907. The van der Waals surface area contributed by atoms with Gasteiger partial charge in [-0.2, -0.15) is 5.01 Å². The molecule has 0 radical (unpaired) electrons. The van der Waals surface area contributed by atoms with Crippen molar-refractivity contribution in [1.82, 2.24) is 21.0 Å². The number of urea groups is 2. The molecule has 2 aliphatic rings. The lowest BCUT2D eigenvalue weighted by Gasteiger charge is -2.28. The number of hydrogen-bond acceptors (Lipinski definition) is 4. The van der Waals surface area contributed by atoms with Crippen molar-refractivity contribution in [2.75, 3.05) is 5.01 Å². The summed E-state index contributed by atoms with van der Waals surface area (Å²) in [4.78, 5) is 30.4. The second-order valence-electron chi connectivity index (χ2n) is 8.56. The number of carbonyl (C=O) groups is 2. The van der Waals surface area contributed by atoms with Crippen molar-refractivity contribution in [3.8, 4) is 11.3 Å². The van der Waals surface area contributed by atoms with Gasteiger partial charge in [0.1, 0.15) is 5.82 Å². The molecule has 0 unspecified atom stereocenters. The molecule has 4 amide bonds. The van der Waals surface area contributed by atoms with Crippen molar-refractivity contribution >= 4 is 28.5 Å². The molecule has 2 aromatic rings. The van der Waals surface area contributed by atoms with Gasteiger partial charge in [-0.05, 0) is 49.9 Å². The lowest BCUT2D eigenvalue weighted by atomic mass is 9.96. The number of aromatic nitrogens is 1. The monoisotopic (exact) mass is 459 g/mol. The number of hydrazine groups is 1. The maximum Gasteiger partial charge on any atom is 0.343 e. The first-order chi connectivity index (χ1) is 15.6. The van der Waals surface area contributed by atoms with Crippen LogP contribution in [0.4, 0.5) is 19.1 Å².